The van der Waals surface area contributed by atoms with E-state index in [2.05, 4.69) is 10.5 Å². The number of aryl methyl sites for hydroxylation is 1. The number of nitrogens with one attached hydrogen (secondary N) is 1. The maximum atomic E-state index is 12.4. The molecule has 3 rings (SSSR count). The number of carbonyl (C=O) groups is 3. The molecule has 3 aromatic rings. The molecule has 1 aromatic heterocycles. The van der Waals surface area contributed by atoms with Gasteiger partial charge in [-0.1, -0.05) is 47.6 Å². The summed E-state index contributed by atoms with van der Waals surface area (Å²) in [7, 11) is 0. The van der Waals surface area contributed by atoms with Crippen molar-refractivity contribution in [1.82, 2.24) is 5.16 Å². The quantitative estimate of drug-likeness (QED) is 0.521. The Kier molecular flexibility index (Phi) is 5.64. The third-order valence-corrected chi connectivity index (χ3v) is 3.95. The first-order valence-electron chi connectivity index (χ1n) is 8.59. The van der Waals surface area contributed by atoms with Gasteiger partial charge in [-0.05, 0) is 26.0 Å². The highest BCUT2D eigenvalue weighted by Gasteiger charge is 2.20. The SMILES string of the molecule is Cc1cc(NC(=O)[C@@H](C)OC(=O)c2ccc(C(=O)c3ccccc3)cc2)no1. The summed E-state index contributed by atoms with van der Waals surface area (Å²) >= 11 is 0. The summed E-state index contributed by atoms with van der Waals surface area (Å²) in [6.45, 7) is 3.14. The molecule has 7 nitrogen and oxygen atoms in total. The topological polar surface area (TPSA) is 98.5 Å². The van der Waals surface area contributed by atoms with Crippen LogP contribution < -0.4 is 5.32 Å². The van der Waals surface area contributed by atoms with Crippen LogP contribution in [0.1, 0.15) is 39.0 Å². The van der Waals surface area contributed by atoms with E-state index in [1.165, 1.54) is 19.1 Å². The summed E-state index contributed by atoms with van der Waals surface area (Å²) in [5, 5.41) is 6.14. The maximum absolute atomic E-state index is 12.4. The van der Waals surface area contributed by atoms with Gasteiger partial charge in [0.15, 0.2) is 17.7 Å². The number of carbonyl (C=O) groups excluding carboxylic acids is 3. The number of hydrogen-bond acceptors (Lipinski definition) is 6. The van der Waals surface area contributed by atoms with Crippen molar-refractivity contribution in [2.24, 2.45) is 0 Å². The number of ketones is 1. The second-order valence-electron chi connectivity index (χ2n) is 6.13. The highest BCUT2D eigenvalue weighted by Crippen LogP contribution is 2.13. The van der Waals surface area contributed by atoms with Crippen molar-refractivity contribution in [3.8, 4) is 0 Å². The molecule has 0 fully saturated rings. The Labute approximate surface area is 161 Å². The van der Waals surface area contributed by atoms with Gasteiger partial charge in [0.2, 0.25) is 0 Å². The molecule has 7 heteroatoms. The van der Waals surface area contributed by atoms with Crippen molar-refractivity contribution >= 4 is 23.5 Å². The van der Waals surface area contributed by atoms with Gasteiger partial charge in [-0.2, -0.15) is 0 Å². The van der Waals surface area contributed by atoms with Gasteiger partial charge < -0.3 is 14.6 Å². The standard InChI is InChI=1S/C21H18N2O5/c1-13-12-18(23-28-13)22-20(25)14(2)27-21(26)17-10-8-16(9-11-17)19(24)15-6-4-3-5-7-15/h3-12,14H,1-2H3,(H,22,23,25)/t14-/m1/s1. The normalized spacial score (nSPS) is 11.5. The number of ether oxygens (including phenoxy) is 1. The van der Waals surface area contributed by atoms with Crippen molar-refractivity contribution < 1.29 is 23.6 Å². The van der Waals surface area contributed by atoms with Crippen molar-refractivity contribution in [2.45, 2.75) is 20.0 Å². The fourth-order valence-corrected chi connectivity index (χ4v) is 2.45. The lowest BCUT2D eigenvalue weighted by molar-refractivity contribution is -0.123. The molecule has 1 N–H and O–H groups in total. The third-order valence-electron chi connectivity index (χ3n) is 3.95. The van der Waals surface area contributed by atoms with Gasteiger partial charge >= 0.3 is 5.97 Å². The van der Waals surface area contributed by atoms with Crippen LogP contribution >= 0.6 is 0 Å². The van der Waals surface area contributed by atoms with Crippen LogP contribution in [0.2, 0.25) is 0 Å². The summed E-state index contributed by atoms with van der Waals surface area (Å²) in [5.41, 5.74) is 1.25. The molecular formula is C21H18N2O5. The molecule has 0 spiro atoms. The van der Waals surface area contributed by atoms with Crippen LogP contribution in [0.4, 0.5) is 5.82 Å². The molecule has 1 amide bonds. The second kappa shape index (κ2) is 8.30. The van der Waals surface area contributed by atoms with Gasteiger partial charge in [-0.25, -0.2) is 4.79 Å². The monoisotopic (exact) mass is 378 g/mol. The van der Waals surface area contributed by atoms with Crippen LogP contribution in [0.25, 0.3) is 0 Å². The molecule has 1 atom stereocenters. The number of amides is 1. The minimum atomic E-state index is -1.03. The molecule has 0 saturated heterocycles. The summed E-state index contributed by atoms with van der Waals surface area (Å²) in [5.74, 6) is -0.550. The molecule has 142 valence electrons. The maximum Gasteiger partial charge on any atom is 0.338 e. The zero-order chi connectivity index (χ0) is 20.1. The van der Waals surface area contributed by atoms with Gasteiger partial charge in [-0.3, -0.25) is 9.59 Å². The smallest absolute Gasteiger partial charge is 0.338 e. The molecule has 0 aliphatic carbocycles. The number of esters is 1. The summed E-state index contributed by atoms with van der Waals surface area (Å²) in [4.78, 5) is 36.7. The van der Waals surface area contributed by atoms with E-state index in [0.717, 1.165) is 0 Å². The summed E-state index contributed by atoms with van der Waals surface area (Å²) in [6, 6.07) is 16.5. The highest BCUT2D eigenvalue weighted by molar-refractivity contribution is 6.09. The van der Waals surface area contributed by atoms with Crippen molar-refractivity contribution in [3.63, 3.8) is 0 Å². The molecule has 28 heavy (non-hydrogen) atoms. The molecule has 0 aliphatic heterocycles. The van der Waals surface area contributed by atoms with E-state index in [-0.39, 0.29) is 17.2 Å². The Morgan fingerprint density at radius 3 is 2.18 bits per heavy atom. The summed E-state index contributed by atoms with van der Waals surface area (Å²) < 4.78 is 10.0. The lowest BCUT2D eigenvalue weighted by Gasteiger charge is -2.12. The van der Waals surface area contributed by atoms with E-state index < -0.39 is 18.0 Å². The lowest BCUT2D eigenvalue weighted by Crippen LogP contribution is -2.30. The Morgan fingerprint density at radius 1 is 0.964 bits per heavy atom. The third kappa shape index (κ3) is 4.50. The van der Waals surface area contributed by atoms with Gasteiger partial charge in [-0.15, -0.1) is 0 Å². The second-order valence-corrected chi connectivity index (χ2v) is 6.13. The zero-order valence-corrected chi connectivity index (χ0v) is 15.3. The van der Waals surface area contributed by atoms with Crippen LogP contribution in [0, 0.1) is 6.92 Å². The van der Waals surface area contributed by atoms with Crippen LogP contribution in [0.3, 0.4) is 0 Å². The number of anilines is 1. The number of aromatic nitrogens is 1. The van der Waals surface area contributed by atoms with Crippen molar-refractivity contribution in [2.75, 3.05) is 5.32 Å². The Balaban J connectivity index is 1.61. The van der Waals surface area contributed by atoms with Gasteiger partial charge in [0.1, 0.15) is 5.76 Å². The number of rotatable bonds is 6. The van der Waals surface area contributed by atoms with Gasteiger partial charge in [0, 0.05) is 17.2 Å². The predicted octanol–water partition coefficient (Wildman–Crippen LogP) is 3.40. The Morgan fingerprint density at radius 2 is 1.57 bits per heavy atom. The minimum Gasteiger partial charge on any atom is -0.449 e. The van der Waals surface area contributed by atoms with E-state index in [4.69, 9.17) is 9.26 Å². The van der Waals surface area contributed by atoms with Crippen LogP contribution in [0.15, 0.2) is 65.2 Å². The van der Waals surface area contributed by atoms with E-state index in [0.29, 0.717) is 16.9 Å². The van der Waals surface area contributed by atoms with E-state index >= 15 is 0 Å². The fraction of sp³-hybridized carbons (Fsp3) is 0.143. The number of hydrogen-bond donors (Lipinski definition) is 1. The average molecular weight is 378 g/mol. The lowest BCUT2D eigenvalue weighted by atomic mass is 10.0. The Bertz CT molecular complexity index is 993. The van der Waals surface area contributed by atoms with Gasteiger partial charge in [0.05, 0.1) is 5.56 Å². The fourth-order valence-electron chi connectivity index (χ4n) is 2.45. The van der Waals surface area contributed by atoms with Gasteiger partial charge in [0.25, 0.3) is 5.91 Å². The number of nitrogens with zero attached hydrogens (tertiary/aromatic N) is 1. The number of benzene rings is 2. The molecular weight excluding hydrogens is 360 g/mol. The van der Waals surface area contributed by atoms with Crippen molar-refractivity contribution in [3.05, 3.63) is 83.1 Å². The minimum absolute atomic E-state index is 0.142. The van der Waals surface area contributed by atoms with Crippen molar-refractivity contribution in [1.29, 1.82) is 0 Å². The first-order chi connectivity index (χ1) is 13.4. The summed E-state index contributed by atoms with van der Waals surface area (Å²) in [6.07, 6.45) is -1.03. The van der Waals surface area contributed by atoms with Crippen LogP contribution in [-0.2, 0) is 9.53 Å². The van der Waals surface area contributed by atoms with E-state index in [1.807, 2.05) is 6.07 Å². The molecule has 1 heterocycles. The highest BCUT2D eigenvalue weighted by atomic mass is 16.5. The van der Waals surface area contributed by atoms with E-state index in [1.54, 1.807) is 49.4 Å². The molecule has 0 saturated carbocycles. The first kappa shape index (κ1) is 19.0. The van der Waals surface area contributed by atoms with E-state index in [9.17, 15) is 14.4 Å². The average Bonchev–Trinajstić information content (AvgIpc) is 3.12. The molecule has 0 radical (unpaired) electrons. The molecule has 0 aliphatic rings. The largest absolute Gasteiger partial charge is 0.449 e. The Hall–Kier alpha value is -3.74. The van der Waals surface area contributed by atoms with Crippen LogP contribution in [-0.4, -0.2) is 28.9 Å². The zero-order valence-electron chi connectivity index (χ0n) is 15.3. The van der Waals surface area contributed by atoms with Crippen LogP contribution in [0.5, 0.6) is 0 Å². The predicted molar refractivity (Wildman–Crippen MR) is 101 cm³/mol. The molecule has 0 bridgehead atoms. The first-order valence-corrected chi connectivity index (χ1v) is 8.59. The molecule has 2 aromatic carbocycles. The molecule has 0 unspecified atom stereocenters.